The van der Waals surface area contributed by atoms with Gasteiger partial charge in [0.1, 0.15) is 5.02 Å². The van der Waals surface area contributed by atoms with Crippen LogP contribution >= 0.6 is 23.4 Å². The lowest BCUT2D eigenvalue weighted by molar-refractivity contribution is 0.523. The molecule has 6 heteroatoms. The van der Waals surface area contributed by atoms with Crippen LogP contribution in [0.25, 0.3) is 0 Å². The third kappa shape index (κ3) is 2.77. The molecule has 4 nitrogen and oxygen atoms in total. The first kappa shape index (κ1) is 14.7. The number of aromatic nitrogens is 2. The molecule has 0 aliphatic carbocycles. The Morgan fingerprint density at radius 3 is 2.79 bits per heavy atom. The average Bonchev–Trinajstić information content (AvgIpc) is 2.45. The SMILES string of the molecule is CCC1(CC)CN(c2cnn(C)c(=O)c2Cl)CCS1. The van der Waals surface area contributed by atoms with Gasteiger partial charge in [0.05, 0.1) is 11.9 Å². The van der Waals surface area contributed by atoms with Crippen molar-refractivity contribution < 1.29 is 0 Å². The van der Waals surface area contributed by atoms with Crippen LogP contribution in [0.3, 0.4) is 0 Å². The molecule has 0 saturated carbocycles. The highest BCUT2D eigenvalue weighted by Crippen LogP contribution is 2.38. The molecular weight excluding hydrogens is 282 g/mol. The second kappa shape index (κ2) is 5.75. The quantitative estimate of drug-likeness (QED) is 0.860. The number of hydrogen-bond donors (Lipinski definition) is 0. The van der Waals surface area contributed by atoms with E-state index < -0.39 is 0 Å². The Bertz CT molecular complexity index is 513. The summed E-state index contributed by atoms with van der Waals surface area (Å²) in [6.45, 7) is 6.30. The smallest absolute Gasteiger partial charge is 0.287 e. The minimum Gasteiger partial charge on any atom is -0.367 e. The van der Waals surface area contributed by atoms with Crippen LogP contribution in [0.5, 0.6) is 0 Å². The maximum absolute atomic E-state index is 11.9. The Balaban J connectivity index is 2.32. The number of hydrogen-bond acceptors (Lipinski definition) is 4. The Morgan fingerprint density at radius 2 is 2.16 bits per heavy atom. The van der Waals surface area contributed by atoms with Gasteiger partial charge in [0.15, 0.2) is 0 Å². The van der Waals surface area contributed by atoms with Gasteiger partial charge in [-0.1, -0.05) is 25.4 Å². The molecule has 1 aliphatic rings. The van der Waals surface area contributed by atoms with Crippen molar-refractivity contribution in [3.8, 4) is 0 Å². The summed E-state index contributed by atoms with van der Waals surface area (Å²) in [6, 6.07) is 0. The van der Waals surface area contributed by atoms with E-state index in [2.05, 4.69) is 23.8 Å². The molecule has 0 N–H and O–H groups in total. The van der Waals surface area contributed by atoms with Crippen LogP contribution < -0.4 is 10.5 Å². The first-order valence-electron chi connectivity index (χ1n) is 6.63. The maximum Gasteiger partial charge on any atom is 0.287 e. The molecule has 19 heavy (non-hydrogen) atoms. The Labute approximate surface area is 123 Å². The summed E-state index contributed by atoms with van der Waals surface area (Å²) in [5.74, 6) is 1.06. The normalized spacial score (nSPS) is 18.6. The highest BCUT2D eigenvalue weighted by atomic mass is 35.5. The molecule has 0 spiro atoms. The van der Waals surface area contributed by atoms with Gasteiger partial charge in [-0.25, -0.2) is 4.68 Å². The van der Waals surface area contributed by atoms with Gasteiger partial charge in [-0.3, -0.25) is 4.79 Å². The van der Waals surface area contributed by atoms with E-state index in [1.165, 1.54) is 4.68 Å². The van der Waals surface area contributed by atoms with Crippen molar-refractivity contribution in [3.63, 3.8) is 0 Å². The Kier molecular flexibility index (Phi) is 4.46. The third-order valence-corrected chi connectivity index (χ3v) is 6.00. The lowest BCUT2D eigenvalue weighted by atomic mass is 10.0. The van der Waals surface area contributed by atoms with E-state index >= 15 is 0 Å². The summed E-state index contributed by atoms with van der Waals surface area (Å²) in [4.78, 5) is 14.1. The number of halogens is 1. The summed E-state index contributed by atoms with van der Waals surface area (Å²) in [7, 11) is 1.62. The highest BCUT2D eigenvalue weighted by molar-refractivity contribution is 8.00. The van der Waals surface area contributed by atoms with E-state index in [-0.39, 0.29) is 15.3 Å². The maximum atomic E-state index is 11.9. The van der Waals surface area contributed by atoms with E-state index in [0.717, 1.165) is 37.4 Å². The predicted molar refractivity (Wildman–Crippen MR) is 82.5 cm³/mol. The molecular formula is C13H20ClN3OS. The van der Waals surface area contributed by atoms with Crippen molar-refractivity contribution >= 4 is 29.1 Å². The van der Waals surface area contributed by atoms with Crippen molar-refractivity contribution in [1.82, 2.24) is 9.78 Å². The van der Waals surface area contributed by atoms with Gasteiger partial charge in [0, 0.05) is 30.6 Å². The number of thioether (sulfide) groups is 1. The average molecular weight is 302 g/mol. The van der Waals surface area contributed by atoms with Gasteiger partial charge in [0.25, 0.3) is 5.56 Å². The molecule has 106 valence electrons. The van der Waals surface area contributed by atoms with Crippen LogP contribution in [0, 0.1) is 0 Å². The molecule has 0 radical (unpaired) electrons. The summed E-state index contributed by atoms with van der Waals surface area (Å²) < 4.78 is 1.54. The Morgan fingerprint density at radius 1 is 1.47 bits per heavy atom. The largest absolute Gasteiger partial charge is 0.367 e. The fourth-order valence-corrected chi connectivity index (χ4v) is 4.14. The second-order valence-electron chi connectivity index (χ2n) is 4.93. The van der Waals surface area contributed by atoms with Crippen LogP contribution in [0.15, 0.2) is 11.0 Å². The summed E-state index contributed by atoms with van der Waals surface area (Å²) in [5, 5.41) is 4.37. The number of rotatable bonds is 3. The van der Waals surface area contributed by atoms with Crippen LogP contribution in [-0.2, 0) is 7.05 Å². The van der Waals surface area contributed by atoms with Crippen LogP contribution in [0.1, 0.15) is 26.7 Å². The standard InChI is InChI=1S/C13H20ClN3OS/c1-4-13(5-2)9-17(6-7-19-13)10-8-15-16(3)12(18)11(10)14/h8H,4-7,9H2,1-3H3. The molecule has 0 aromatic carbocycles. The number of aryl methyl sites for hydroxylation is 1. The second-order valence-corrected chi connectivity index (χ2v) is 6.87. The molecule has 2 rings (SSSR count). The molecule has 0 atom stereocenters. The molecule has 1 aromatic rings. The van der Waals surface area contributed by atoms with Gasteiger partial charge in [-0.05, 0) is 12.8 Å². The van der Waals surface area contributed by atoms with Crippen LogP contribution in [0.4, 0.5) is 5.69 Å². The molecule has 0 amide bonds. The first-order chi connectivity index (χ1) is 9.03. The van der Waals surface area contributed by atoms with Crippen LogP contribution in [0.2, 0.25) is 5.02 Å². The van der Waals surface area contributed by atoms with E-state index in [1.54, 1.807) is 13.2 Å². The van der Waals surface area contributed by atoms with Crippen molar-refractivity contribution in [2.24, 2.45) is 7.05 Å². The molecule has 1 saturated heterocycles. The molecule has 1 fully saturated rings. The van der Waals surface area contributed by atoms with Crippen molar-refractivity contribution in [2.75, 3.05) is 23.7 Å². The zero-order valence-corrected chi connectivity index (χ0v) is 13.2. The van der Waals surface area contributed by atoms with E-state index in [1.807, 2.05) is 11.8 Å². The fourth-order valence-electron chi connectivity index (χ4n) is 2.45. The zero-order chi connectivity index (χ0) is 14.0. The molecule has 1 aliphatic heterocycles. The van der Waals surface area contributed by atoms with Crippen molar-refractivity contribution in [2.45, 2.75) is 31.4 Å². The Hall–Kier alpha value is -0.680. The van der Waals surface area contributed by atoms with E-state index in [0.29, 0.717) is 0 Å². The van der Waals surface area contributed by atoms with E-state index in [4.69, 9.17) is 11.6 Å². The van der Waals surface area contributed by atoms with E-state index in [9.17, 15) is 4.79 Å². The number of anilines is 1. The van der Waals surface area contributed by atoms with Crippen molar-refractivity contribution in [3.05, 3.63) is 21.6 Å². The molecule has 1 aromatic heterocycles. The van der Waals surface area contributed by atoms with Crippen molar-refractivity contribution in [1.29, 1.82) is 0 Å². The van der Waals surface area contributed by atoms with Crippen LogP contribution in [-0.4, -0.2) is 33.4 Å². The topological polar surface area (TPSA) is 38.1 Å². The molecule has 2 heterocycles. The lowest BCUT2D eigenvalue weighted by Crippen LogP contribution is -2.46. The molecule has 0 unspecified atom stereocenters. The fraction of sp³-hybridized carbons (Fsp3) is 0.692. The predicted octanol–water partition coefficient (Wildman–Crippen LogP) is 2.55. The highest BCUT2D eigenvalue weighted by Gasteiger charge is 2.34. The summed E-state index contributed by atoms with van der Waals surface area (Å²) in [6.07, 6.45) is 3.96. The van der Waals surface area contributed by atoms with Gasteiger partial charge in [-0.2, -0.15) is 16.9 Å². The van der Waals surface area contributed by atoms with Gasteiger partial charge in [0.2, 0.25) is 0 Å². The van der Waals surface area contributed by atoms with Gasteiger partial charge < -0.3 is 4.90 Å². The monoisotopic (exact) mass is 301 g/mol. The van der Waals surface area contributed by atoms with Gasteiger partial charge >= 0.3 is 0 Å². The first-order valence-corrected chi connectivity index (χ1v) is 8.00. The summed E-state index contributed by atoms with van der Waals surface area (Å²) >= 11 is 8.22. The minimum absolute atomic E-state index is 0.226. The third-order valence-electron chi connectivity index (χ3n) is 3.94. The number of nitrogens with zero attached hydrogens (tertiary/aromatic N) is 3. The van der Waals surface area contributed by atoms with Gasteiger partial charge in [-0.15, -0.1) is 0 Å². The minimum atomic E-state index is -0.226. The summed E-state index contributed by atoms with van der Waals surface area (Å²) in [5.41, 5.74) is 0.548. The molecule has 0 bridgehead atoms. The zero-order valence-electron chi connectivity index (χ0n) is 11.6. The lowest BCUT2D eigenvalue weighted by Gasteiger charge is -2.42.